The van der Waals surface area contributed by atoms with E-state index in [9.17, 15) is 0 Å². The Morgan fingerprint density at radius 2 is 1.73 bits per heavy atom. The Hall–Kier alpha value is -0.0800. The van der Waals surface area contributed by atoms with Gasteiger partial charge < -0.3 is 10.2 Å². The first-order valence-corrected chi connectivity index (χ1v) is 7.01. The number of nitrogens with two attached hydrogens (primary N) is 1. The summed E-state index contributed by atoms with van der Waals surface area (Å²) in [5.74, 6) is 0. The van der Waals surface area contributed by atoms with Gasteiger partial charge >= 0.3 is 0 Å². The summed E-state index contributed by atoms with van der Waals surface area (Å²) >= 11 is 0. The van der Waals surface area contributed by atoms with E-state index in [2.05, 4.69) is 10.2 Å². The van der Waals surface area contributed by atoms with Crippen LogP contribution in [0.3, 0.4) is 0 Å². The average molecular weight is 211 g/mol. The Balaban J connectivity index is 1.62. The van der Waals surface area contributed by atoms with E-state index in [0.29, 0.717) is 0 Å². The summed E-state index contributed by atoms with van der Waals surface area (Å²) in [5, 5.41) is 2.58. The minimum Gasteiger partial charge on any atom is -0.344 e. The van der Waals surface area contributed by atoms with Gasteiger partial charge in [0, 0.05) is 13.0 Å². The highest BCUT2D eigenvalue weighted by Crippen LogP contribution is 2.11. The van der Waals surface area contributed by atoms with Crippen molar-refractivity contribution in [2.24, 2.45) is 0 Å². The van der Waals surface area contributed by atoms with Crippen LogP contribution in [0.4, 0.5) is 0 Å². The number of hydrogen-bond acceptors (Lipinski definition) is 1. The highest BCUT2D eigenvalue weighted by molar-refractivity contribution is 4.67. The lowest BCUT2D eigenvalue weighted by molar-refractivity contribution is -0.697. The largest absolute Gasteiger partial charge is 0.344 e. The van der Waals surface area contributed by atoms with Crippen LogP contribution in [0.1, 0.15) is 51.4 Å². The van der Waals surface area contributed by atoms with Crippen LogP contribution in [0.2, 0.25) is 0 Å². The third-order valence-electron chi connectivity index (χ3n) is 4.04. The summed E-state index contributed by atoms with van der Waals surface area (Å²) in [7, 11) is 0. The van der Waals surface area contributed by atoms with Crippen molar-refractivity contribution in [1.29, 1.82) is 0 Å². The number of rotatable bonds is 3. The predicted octanol–water partition coefficient (Wildman–Crippen LogP) is 1.37. The second-order valence-electron chi connectivity index (χ2n) is 5.32. The van der Waals surface area contributed by atoms with Gasteiger partial charge in [0.05, 0.1) is 12.6 Å². The number of nitrogens with zero attached hydrogens (tertiary/aromatic N) is 1. The Labute approximate surface area is 94.4 Å². The molecule has 1 unspecified atom stereocenters. The molecule has 0 aromatic heterocycles. The molecule has 15 heavy (non-hydrogen) atoms. The highest BCUT2D eigenvalue weighted by atomic mass is 15.1. The zero-order chi connectivity index (χ0) is 10.3. The van der Waals surface area contributed by atoms with Crippen molar-refractivity contribution in [1.82, 2.24) is 4.90 Å². The van der Waals surface area contributed by atoms with Gasteiger partial charge in [0.25, 0.3) is 0 Å². The first-order valence-electron chi connectivity index (χ1n) is 7.01. The molecule has 0 amide bonds. The van der Waals surface area contributed by atoms with Crippen LogP contribution < -0.4 is 5.32 Å². The summed E-state index contributed by atoms with van der Waals surface area (Å²) in [6.45, 7) is 5.48. The van der Waals surface area contributed by atoms with Gasteiger partial charge in [-0.15, -0.1) is 0 Å². The fourth-order valence-electron chi connectivity index (χ4n) is 2.99. The van der Waals surface area contributed by atoms with Crippen molar-refractivity contribution in [2.75, 3.05) is 26.2 Å². The molecule has 0 spiro atoms. The molecule has 0 saturated carbocycles. The van der Waals surface area contributed by atoms with E-state index < -0.39 is 0 Å². The molecule has 0 aliphatic carbocycles. The normalized spacial score (nSPS) is 30.0. The quantitative estimate of drug-likeness (QED) is 0.747. The number of likely N-dealkylation sites (tertiary alicyclic amines) is 1. The van der Waals surface area contributed by atoms with E-state index >= 15 is 0 Å². The summed E-state index contributed by atoms with van der Waals surface area (Å²) in [4.78, 5) is 2.70. The molecule has 2 heteroatoms. The van der Waals surface area contributed by atoms with Crippen molar-refractivity contribution in [3.8, 4) is 0 Å². The predicted molar refractivity (Wildman–Crippen MR) is 64.0 cm³/mol. The lowest BCUT2D eigenvalue weighted by atomic mass is 10.0. The number of piperidine rings is 1. The minimum atomic E-state index is 0.946. The van der Waals surface area contributed by atoms with Gasteiger partial charge in [-0.3, -0.25) is 0 Å². The molecule has 2 N–H and O–H groups in total. The maximum absolute atomic E-state index is 2.70. The molecule has 0 aromatic rings. The molecular weight excluding hydrogens is 184 g/mol. The lowest BCUT2D eigenvalue weighted by Crippen LogP contribution is -2.91. The fraction of sp³-hybridized carbons (Fsp3) is 1.00. The van der Waals surface area contributed by atoms with Crippen LogP contribution >= 0.6 is 0 Å². The van der Waals surface area contributed by atoms with Gasteiger partial charge in [-0.2, -0.15) is 0 Å². The summed E-state index contributed by atoms with van der Waals surface area (Å²) in [6, 6.07) is 0.946. The molecule has 0 aromatic carbocycles. The van der Waals surface area contributed by atoms with Crippen molar-refractivity contribution in [3.63, 3.8) is 0 Å². The minimum absolute atomic E-state index is 0.946. The number of hydrogen-bond donors (Lipinski definition) is 1. The zero-order valence-corrected chi connectivity index (χ0v) is 10.1. The lowest BCUT2D eigenvalue weighted by Gasteiger charge is -2.24. The van der Waals surface area contributed by atoms with Crippen molar-refractivity contribution >= 4 is 0 Å². The van der Waals surface area contributed by atoms with E-state index in [1.807, 2.05) is 0 Å². The molecule has 1 atom stereocenters. The molecule has 88 valence electrons. The van der Waals surface area contributed by atoms with Gasteiger partial charge in [0.15, 0.2) is 0 Å². The topological polar surface area (TPSA) is 19.9 Å². The molecule has 0 bridgehead atoms. The Morgan fingerprint density at radius 1 is 0.933 bits per heavy atom. The first-order chi connectivity index (χ1) is 7.45. The molecule has 2 nitrogen and oxygen atoms in total. The Kier molecular flexibility index (Phi) is 4.94. The first kappa shape index (κ1) is 11.4. The highest BCUT2D eigenvalue weighted by Gasteiger charge is 2.17. The monoisotopic (exact) mass is 211 g/mol. The molecule has 2 aliphatic rings. The van der Waals surface area contributed by atoms with E-state index in [4.69, 9.17) is 0 Å². The summed E-state index contributed by atoms with van der Waals surface area (Å²) in [5.41, 5.74) is 0. The van der Waals surface area contributed by atoms with Gasteiger partial charge in [-0.05, 0) is 45.2 Å². The Bertz CT molecular complexity index is 156. The zero-order valence-electron chi connectivity index (χ0n) is 10.1. The van der Waals surface area contributed by atoms with E-state index in [1.54, 1.807) is 0 Å². The van der Waals surface area contributed by atoms with Crippen LogP contribution in [-0.4, -0.2) is 37.1 Å². The molecule has 2 heterocycles. The summed E-state index contributed by atoms with van der Waals surface area (Å²) in [6.07, 6.45) is 11.6. The molecule has 2 aliphatic heterocycles. The van der Waals surface area contributed by atoms with Crippen LogP contribution in [-0.2, 0) is 0 Å². The van der Waals surface area contributed by atoms with E-state index in [1.165, 1.54) is 77.5 Å². The van der Waals surface area contributed by atoms with Crippen LogP contribution in [0.15, 0.2) is 0 Å². The van der Waals surface area contributed by atoms with Gasteiger partial charge in [-0.1, -0.05) is 12.8 Å². The van der Waals surface area contributed by atoms with Gasteiger partial charge in [0.1, 0.15) is 0 Å². The van der Waals surface area contributed by atoms with Crippen molar-refractivity contribution in [3.05, 3.63) is 0 Å². The second kappa shape index (κ2) is 6.49. The standard InChI is InChI=1S/C13H26N2/c1-2-6-11-15(10-5-1)12-8-13-7-3-4-9-14-13/h13-14H,1-12H2/p+1. The van der Waals surface area contributed by atoms with Crippen molar-refractivity contribution in [2.45, 2.75) is 57.4 Å². The molecule has 0 radical (unpaired) electrons. The number of quaternary nitrogens is 1. The molecule has 2 fully saturated rings. The van der Waals surface area contributed by atoms with Crippen molar-refractivity contribution < 1.29 is 5.32 Å². The third kappa shape index (κ3) is 4.12. The smallest absolute Gasteiger partial charge is 0.0871 e. The maximum atomic E-state index is 2.70. The van der Waals surface area contributed by atoms with Crippen LogP contribution in [0.25, 0.3) is 0 Å². The van der Waals surface area contributed by atoms with E-state index in [0.717, 1.165) is 6.04 Å². The Morgan fingerprint density at radius 3 is 2.40 bits per heavy atom. The molecule has 2 saturated heterocycles. The molecular formula is C13H27N2+. The molecule has 2 rings (SSSR count). The third-order valence-corrected chi connectivity index (χ3v) is 4.04. The average Bonchev–Trinajstić information content (AvgIpc) is 2.56. The van der Waals surface area contributed by atoms with Gasteiger partial charge in [0.2, 0.25) is 0 Å². The van der Waals surface area contributed by atoms with Crippen LogP contribution in [0, 0.1) is 0 Å². The SMILES string of the molecule is C1CCCN(CCC2CCCC[NH2+]2)CC1. The second-order valence-corrected chi connectivity index (χ2v) is 5.32. The maximum Gasteiger partial charge on any atom is 0.0871 e. The fourth-order valence-corrected chi connectivity index (χ4v) is 2.99. The summed E-state index contributed by atoms with van der Waals surface area (Å²) < 4.78 is 0. The van der Waals surface area contributed by atoms with E-state index in [-0.39, 0.29) is 0 Å². The van der Waals surface area contributed by atoms with Gasteiger partial charge in [-0.25, -0.2) is 0 Å². The van der Waals surface area contributed by atoms with Crippen LogP contribution in [0.5, 0.6) is 0 Å².